The quantitative estimate of drug-likeness (QED) is 0.861. The molecule has 1 aliphatic rings. The predicted octanol–water partition coefficient (Wildman–Crippen LogP) is 3.78. The van der Waals surface area contributed by atoms with E-state index in [-0.39, 0.29) is 6.61 Å². The SMILES string of the molecule is CO/N=C1\CCc2cc(NC(=O)OCc3ccccc3)ccc2N1C. The number of aryl methyl sites for hydroxylation is 1. The lowest BCUT2D eigenvalue weighted by Gasteiger charge is -2.28. The van der Waals surface area contributed by atoms with Gasteiger partial charge in [0.1, 0.15) is 19.6 Å². The average Bonchev–Trinajstić information content (AvgIpc) is 2.63. The topological polar surface area (TPSA) is 63.2 Å². The Bertz CT molecular complexity index is 775. The number of oxime groups is 1. The Hall–Kier alpha value is -3.02. The normalized spacial score (nSPS) is 14.8. The first-order valence-corrected chi connectivity index (χ1v) is 8.12. The van der Waals surface area contributed by atoms with Gasteiger partial charge >= 0.3 is 6.09 Å². The smallest absolute Gasteiger partial charge is 0.411 e. The molecule has 0 spiro atoms. The highest BCUT2D eigenvalue weighted by molar-refractivity contribution is 6.00. The van der Waals surface area contributed by atoms with Crippen molar-refractivity contribution in [2.45, 2.75) is 19.4 Å². The molecule has 0 atom stereocenters. The van der Waals surface area contributed by atoms with Crippen LogP contribution in [0.15, 0.2) is 53.7 Å². The van der Waals surface area contributed by atoms with E-state index >= 15 is 0 Å². The number of benzene rings is 2. The zero-order chi connectivity index (χ0) is 17.6. The van der Waals surface area contributed by atoms with Gasteiger partial charge in [0.05, 0.1) is 0 Å². The molecule has 0 unspecified atom stereocenters. The summed E-state index contributed by atoms with van der Waals surface area (Å²) in [6, 6.07) is 15.4. The standard InChI is InChI=1S/C19H21N3O3/c1-22-17-10-9-16(12-15(17)8-11-18(22)21-24-2)20-19(23)25-13-14-6-4-3-5-7-14/h3-7,9-10,12H,8,11,13H2,1-2H3,(H,20,23)/b21-18+. The van der Waals surface area contributed by atoms with Gasteiger partial charge in [0.15, 0.2) is 0 Å². The second-order valence-electron chi connectivity index (χ2n) is 5.78. The second-order valence-corrected chi connectivity index (χ2v) is 5.78. The van der Waals surface area contributed by atoms with Crippen LogP contribution in [0, 0.1) is 0 Å². The summed E-state index contributed by atoms with van der Waals surface area (Å²) in [5.41, 5.74) is 3.88. The fourth-order valence-electron chi connectivity index (χ4n) is 2.83. The van der Waals surface area contributed by atoms with Gasteiger partial charge in [0.2, 0.25) is 0 Å². The summed E-state index contributed by atoms with van der Waals surface area (Å²) < 4.78 is 5.25. The number of ether oxygens (including phenoxy) is 1. The molecule has 0 aliphatic carbocycles. The lowest BCUT2D eigenvalue weighted by molar-refractivity contribution is 0.155. The summed E-state index contributed by atoms with van der Waals surface area (Å²) in [4.78, 5) is 18.9. The highest BCUT2D eigenvalue weighted by Gasteiger charge is 2.20. The van der Waals surface area contributed by atoms with Crippen molar-refractivity contribution in [3.63, 3.8) is 0 Å². The van der Waals surface area contributed by atoms with Crippen LogP contribution < -0.4 is 10.2 Å². The molecule has 6 nitrogen and oxygen atoms in total. The zero-order valence-corrected chi connectivity index (χ0v) is 14.4. The van der Waals surface area contributed by atoms with Crippen molar-refractivity contribution >= 4 is 23.3 Å². The van der Waals surface area contributed by atoms with Crippen LogP contribution in [0.5, 0.6) is 0 Å². The molecule has 2 aromatic carbocycles. The molecule has 1 amide bonds. The number of rotatable bonds is 4. The summed E-state index contributed by atoms with van der Waals surface area (Å²) in [6.45, 7) is 0.247. The molecule has 0 saturated heterocycles. The van der Waals surface area contributed by atoms with Crippen LogP contribution in [0.4, 0.5) is 16.2 Å². The molecule has 1 N–H and O–H groups in total. The van der Waals surface area contributed by atoms with Gasteiger partial charge in [-0.25, -0.2) is 4.79 Å². The molecule has 1 heterocycles. The Kier molecular flexibility index (Phi) is 5.18. The van der Waals surface area contributed by atoms with E-state index in [1.807, 2.05) is 60.5 Å². The summed E-state index contributed by atoms with van der Waals surface area (Å²) in [7, 11) is 3.50. The first-order chi connectivity index (χ1) is 12.2. The maximum atomic E-state index is 12.0. The molecule has 6 heteroatoms. The zero-order valence-electron chi connectivity index (χ0n) is 14.4. The van der Waals surface area contributed by atoms with Crippen molar-refractivity contribution in [1.82, 2.24) is 0 Å². The Morgan fingerprint density at radius 3 is 2.76 bits per heavy atom. The Labute approximate surface area is 147 Å². The van der Waals surface area contributed by atoms with E-state index in [0.29, 0.717) is 0 Å². The van der Waals surface area contributed by atoms with Gasteiger partial charge in [-0.05, 0) is 35.7 Å². The fourth-order valence-corrected chi connectivity index (χ4v) is 2.83. The van der Waals surface area contributed by atoms with Gasteiger partial charge in [-0.15, -0.1) is 0 Å². The molecule has 25 heavy (non-hydrogen) atoms. The highest BCUT2D eigenvalue weighted by Crippen LogP contribution is 2.29. The van der Waals surface area contributed by atoms with Crippen LogP contribution in [-0.4, -0.2) is 26.1 Å². The van der Waals surface area contributed by atoms with Crippen LogP contribution >= 0.6 is 0 Å². The largest absolute Gasteiger partial charge is 0.444 e. The average molecular weight is 339 g/mol. The molecule has 1 aliphatic heterocycles. The fraction of sp³-hybridized carbons (Fsp3) is 0.263. The first-order valence-electron chi connectivity index (χ1n) is 8.12. The van der Waals surface area contributed by atoms with Gasteiger partial charge in [-0.1, -0.05) is 35.5 Å². The van der Waals surface area contributed by atoms with Crippen molar-refractivity contribution < 1.29 is 14.4 Å². The third kappa shape index (κ3) is 4.09. The third-order valence-corrected chi connectivity index (χ3v) is 4.10. The number of carbonyl (C=O) groups excluding carboxylic acids is 1. The van der Waals surface area contributed by atoms with E-state index in [4.69, 9.17) is 9.57 Å². The van der Waals surface area contributed by atoms with Gasteiger partial charge in [-0.3, -0.25) is 5.32 Å². The van der Waals surface area contributed by atoms with Gasteiger partial charge < -0.3 is 14.5 Å². The van der Waals surface area contributed by atoms with E-state index in [9.17, 15) is 4.79 Å². The maximum Gasteiger partial charge on any atom is 0.411 e. The molecular formula is C19H21N3O3. The van der Waals surface area contributed by atoms with Crippen molar-refractivity contribution in [3.8, 4) is 0 Å². The Balaban J connectivity index is 1.63. The molecule has 130 valence electrons. The monoisotopic (exact) mass is 339 g/mol. The van der Waals surface area contributed by atoms with Gasteiger partial charge in [0.25, 0.3) is 0 Å². The second kappa shape index (κ2) is 7.70. The summed E-state index contributed by atoms with van der Waals surface area (Å²) in [5, 5.41) is 6.82. The van der Waals surface area contributed by atoms with Crippen molar-refractivity contribution in [2.75, 3.05) is 24.4 Å². The summed E-state index contributed by atoms with van der Waals surface area (Å²) in [5.74, 6) is 0.887. The molecule has 0 aromatic heterocycles. The number of amidine groups is 1. The van der Waals surface area contributed by atoms with Crippen molar-refractivity contribution in [3.05, 3.63) is 59.7 Å². The van der Waals surface area contributed by atoms with Crippen LogP contribution in [0.3, 0.4) is 0 Å². The first kappa shape index (κ1) is 16.8. The maximum absolute atomic E-state index is 12.0. The number of amides is 1. The van der Waals surface area contributed by atoms with E-state index < -0.39 is 6.09 Å². The van der Waals surface area contributed by atoms with E-state index in [1.165, 1.54) is 0 Å². The Morgan fingerprint density at radius 2 is 2.00 bits per heavy atom. The number of hydrogen-bond acceptors (Lipinski definition) is 4. The number of fused-ring (bicyclic) bond motifs is 1. The number of nitrogens with zero attached hydrogens (tertiary/aromatic N) is 2. The molecular weight excluding hydrogens is 318 g/mol. The highest BCUT2D eigenvalue weighted by atomic mass is 16.6. The molecule has 2 aromatic rings. The lowest BCUT2D eigenvalue weighted by atomic mass is 10.0. The number of carbonyl (C=O) groups is 1. The van der Waals surface area contributed by atoms with Crippen LogP contribution in [0.2, 0.25) is 0 Å². The predicted molar refractivity (Wildman–Crippen MR) is 97.9 cm³/mol. The molecule has 3 rings (SSSR count). The van der Waals surface area contributed by atoms with E-state index in [2.05, 4.69) is 10.5 Å². The molecule has 0 saturated carbocycles. The molecule has 0 radical (unpaired) electrons. The van der Waals surface area contributed by atoms with Crippen LogP contribution in [-0.2, 0) is 22.6 Å². The van der Waals surface area contributed by atoms with E-state index in [1.54, 1.807) is 7.11 Å². The number of hydrogen-bond donors (Lipinski definition) is 1. The summed E-state index contributed by atoms with van der Waals surface area (Å²) in [6.07, 6.45) is 1.17. The van der Waals surface area contributed by atoms with Crippen molar-refractivity contribution in [2.24, 2.45) is 5.16 Å². The van der Waals surface area contributed by atoms with Gasteiger partial charge in [-0.2, -0.15) is 0 Å². The van der Waals surface area contributed by atoms with Crippen LogP contribution in [0.25, 0.3) is 0 Å². The minimum atomic E-state index is -0.463. The Morgan fingerprint density at radius 1 is 1.20 bits per heavy atom. The van der Waals surface area contributed by atoms with E-state index in [0.717, 1.165) is 41.2 Å². The molecule has 0 fully saturated rings. The van der Waals surface area contributed by atoms with Crippen LogP contribution in [0.1, 0.15) is 17.5 Å². The summed E-state index contributed by atoms with van der Waals surface area (Å²) >= 11 is 0. The number of anilines is 2. The number of nitrogens with one attached hydrogen (secondary N) is 1. The minimum absolute atomic E-state index is 0.247. The minimum Gasteiger partial charge on any atom is -0.444 e. The van der Waals surface area contributed by atoms with Crippen molar-refractivity contribution in [1.29, 1.82) is 0 Å². The van der Waals surface area contributed by atoms with Gasteiger partial charge in [0, 0.05) is 24.8 Å². The third-order valence-electron chi connectivity index (χ3n) is 4.10. The molecule has 0 bridgehead atoms. The lowest BCUT2D eigenvalue weighted by Crippen LogP contribution is -2.31.